The zero-order chi connectivity index (χ0) is 10.7. The first-order valence-corrected chi connectivity index (χ1v) is 12.6. The quantitative estimate of drug-likeness (QED) is 0.427. The minimum absolute atomic E-state index is 0.121. The van der Waals surface area contributed by atoms with Crippen LogP contribution < -0.4 is 0 Å². The molecule has 13 heavy (non-hydrogen) atoms. The normalized spacial score (nSPS) is 12.3. The molecule has 0 saturated heterocycles. The second-order valence-electron chi connectivity index (χ2n) is 1.54. The van der Waals surface area contributed by atoms with E-state index in [1.807, 2.05) is 13.8 Å². The first kappa shape index (κ1) is 16.3. The number of hydrogen-bond acceptors (Lipinski definition) is 2. The van der Waals surface area contributed by atoms with Crippen LogP contribution in [0.1, 0.15) is 13.8 Å². The fourth-order valence-electron chi connectivity index (χ4n) is 0.440. The molecule has 73 valence electrons. The van der Waals surface area contributed by atoms with Crippen molar-refractivity contribution >= 4 is 51.5 Å². The standard InChI is InChI=1S/C6H4O2.C2H6.2HI.V/c7-5-1-2-6(8)4-3-5;1-2;;;/h1-4H;1-2H3;2*1H;/q;;;;+2/p-2. The first-order chi connectivity index (χ1) is 6.20. The van der Waals surface area contributed by atoms with Crippen molar-refractivity contribution in [3.63, 3.8) is 0 Å². The van der Waals surface area contributed by atoms with Gasteiger partial charge in [0, 0.05) is 0 Å². The van der Waals surface area contributed by atoms with Crippen molar-refractivity contribution in [2.75, 3.05) is 0 Å². The Morgan fingerprint density at radius 3 is 1.23 bits per heavy atom. The van der Waals surface area contributed by atoms with Crippen molar-refractivity contribution in [2.24, 2.45) is 0 Å². The number of ketones is 2. The molecular weight excluding hydrogens is 433 g/mol. The summed E-state index contributed by atoms with van der Waals surface area (Å²) in [6.45, 7) is 4.00. The summed E-state index contributed by atoms with van der Waals surface area (Å²) < 4.78 is 0. The van der Waals surface area contributed by atoms with Gasteiger partial charge in [-0.1, -0.05) is 13.8 Å². The molecule has 0 spiro atoms. The molecule has 0 radical (unpaired) electrons. The maximum atomic E-state index is 10.3. The Labute approximate surface area is 107 Å². The third kappa shape index (κ3) is 12.9. The summed E-state index contributed by atoms with van der Waals surface area (Å²) in [6.07, 6.45) is 5.01. The molecule has 0 aromatic rings. The zero-order valence-corrected chi connectivity index (χ0v) is 13.0. The van der Waals surface area contributed by atoms with Crippen molar-refractivity contribution in [2.45, 2.75) is 13.8 Å². The Balaban J connectivity index is 0. The van der Waals surface area contributed by atoms with Gasteiger partial charge in [0.1, 0.15) is 0 Å². The third-order valence-electron chi connectivity index (χ3n) is 0.824. The van der Waals surface area contributed by atoms with E-state index in [4.69, 9.17) is 0 Å². The van der Waals surface area contributed by atoms with Crippen LogP contribution in [0.25, 0.3) is 0 Å². The molecule has 0 aromatic heterocycles. The van der Waals surface area contributed by atoms with Gasteiger partial charge in [0.25, 0.3) is 0 Å². The maximum absolute atomic E-state index is 10.3. The molecule has 0 N–H and O–H groups in total. The van der Waals surface area contributed by atoms with E-state index in [-0.39, 0.29) is 11.6 Å². The van der Waals surface area contributed by atoms with Gasteiger partial charge in [-0.05, 0) is 24.3 Å². The van der Waals surface area contributed by atoms with E-state index in [2.05, 4.69) is 40.0 Å². The molecule has 1 aliphatic rings. The van der Waals surface area contributed by atoms with Crippen molar-refractivity contribution in [1.82, 2.24) is 0 Å². The van der Waals surface area contributed by atoms with Crippen LogP contribution >= 0.6 is 40.0 Å². The Morgan fingerprint density at radius 1 is 0.923 bits per heavy atom. The first-order valence-electron chi connectivity index (χ1n) is 3.57. The van der Waals surface area contributed by atoms with Crippen LogP contribution in [0.3, 0.4) is 0 Å². The number of carbonyl (C=O) groups is 2. The van der Waals surface area contributed by atoms with E-state index in [1.165, 1.54) is 24.3 Å². The number of allylic oxidation sites excluding steroid dienone is 4. The molecule has 5 heteroatoms. The molecule has 0 fully saturated rings. The molecular formula is C8H10I2O2V. The van der Waals surface area contributed by atoms with Gasteiger partial charge in [0.15, 0.2) is 11.6 Å². The van der Waals surface area contributed by atoms with Gasteiger partial charge in [-0.3, -0.25) is 9.59 Å². The number of rotatable bonds is 0. The van der Waals surface area contributed by atoms with Crippen molar-refractivity contribution in [3.05, 3.63) is 24.3 Å². The third-order valence-corrected chi connectivity index (χ3v) is 0.824. The number of hydrogen-bond donors (Lipinski definition) is 0. The van der Waals surface area contributed by atoms with Crippen molar-refractivity contribution in [1.29, 1.82) is 0 Å². The van der Waals surface area contributed by atoms with Gasteiger partial charge in [-0.25, -0.2) is 0 Å². The number of carbonyl (C=O) groups excluding carboxylic acids is 2. The SMILES string of the molecule is CC.O=C1C=CC(=O)C=C1.[I][V][I]. The van der Waals surface area contributed by atoms with Crippen molar-refractivity contribution < 1.29 is 19.1 Å². The van der Waals surface area contributed by atoms with Crippen LogP contribution in [0.2, 0.25) is 0 Å². The van der Waals surface area contributed by atoms with Gasteiger partial charge in [0.2, 0.25) is 0 Å². The monoisotopic (exact) mass is 443 g/mol. The van der Waals surface area contributed by atoms with Crippen LogP contribution in [-0.4, -0.2) is 11.6 Å². The Hall–Kier alpha value is 0.864. The van der Waals surface area contributed by atoms with Crippen LogP contribution in [0, 0.1) is 0 Å². The molecule has 0 atom stereocenters. The molecule has 0 aliphatic heterocycles. The topological polar surface area (TPSA) is 34.1 Å². The summed E-state index contributed by atoms with van der Waals surface area (Å²) in [5.74, 6) is -0.241. The molecule has 0 unspecified atom stereocenters. The summed E-state index contributed by atoms with van der Waals surface area (Å²) in [6, 6.07) is 0. The molecule has 0 aromatic carbocycles. The summed E-state index contributed by atoms with van der Waals surface area (Å²) in [5.41, 5.74) is 0. The summed E-state index contributed by atoms with van der Waals surface area (Å²) in [7, 11) is 0.628. The number of halogens is 2. The summed E-state index contributed by atoms with van der Waals surface area (Å²) >= 11 is 4.74. The second-order valence-corrected chi connectivity index (χ2v) is 13.3. The molecule has 2 nitrogen and oxygen atoms in total. The summed E-state index contributed by atoms with van der Waals surface area (Å²) in [4.78, 5) is 20.6. The fourth-order valence-corrected chi connectivity index (χ4v) is 0.440. The van der Waals surface area contributed by atoms with Gasteiger partial charge < -0.3 is 0 Å². The second kappa shape index (κ2) is 12.9. The van der Waals surface area contributed by atoms with Crippen LogP contribution in [0.15, 0.2) is 24.3 Å². The van der Waals surface area contributed by atoms with E-state index in [0.29, 0.717) is 9.47 Å². The predicted molar refractivity (Wildman–Crippen MR) is 67.7 cm³/mol. The fraction of sp³-hybridized carbons (Fsp3) is 0.250. The Bertz CT molecular complexity index is 174. The zero-order valence-electron chi connectivity index (χ0n) is 7.33. The molecule has 1 rings (SSSR count). The Kier molecular flexibility index (Phi) is 16.1. The molecule has 0 saturated carbocycles. The predicted octanol–water partition coefficient (Wildman–Crippen LogP) is 3.05. The van der Waals surface area contributed by atoms with Gasteiger partial charge in [-0.2, -0.15) is 0 Å². The van der Waals surface area contributed by atoms with Crippen molar-refractivity contribution in [3.8, 4) is 0 Å². The van der Waals surface area contributed by atoms with E-state index in [0.717, 1.165) is 0 Å². The average molecular weight is 443 g/mol. The van der Waals surface area contributed by atoms with Crippen LogP contribution in [-0.2, 0) is 19.1 Å². The molecule has 0 bridgehead atoms. The van der Waals surface area contributed by atoms with Crippen LogP contribution in [0.5, 0.6) is 0 Å². The van der Waals surface area contributed by atoms with E-state index < -0.39 is 0 Å². The molecule has 0 amide bonds. The minimum atomic E-state index is -0.121. The van der Waals surface area contributed by atoms with E-state index in [1.54, 1.807) is 0 Å². The summed E-state index contributed by atoms with van der Waals surface area (Å²) in [5, 5.41) is 0. The molecule has 0 heterocycles. The van der Waals surface area contributed by atoms with Gasteiger partial charge in [0.05, 0.1) is 0 Å². The van der Waals surface area contributed by atoms with Gasteiger partial charge in [-0.15, -0.1) is 0 Å². The molecule has 1 aliphatic carbocycles. The average Bonchev–Trinajstić information content (AvgIpc) is 2.15. The van der Waals surface area contributed by atoms with E-state index in [9.17, 15) is 9.59 Å². The van der Waals surface area contributed by atoms with Gasteiger partial charge >= 0.3 is 49.4 Å². The van der Waals surface area contributed by atoms with Crippen LogP contribution in [0.4, 0.5) is 0 Å². The van der Waals surface area contributed by atoms with E-state index >= 15 is 0 Å². The Morgan fingerprint density at radius 2 is 1.08 bits per heavy atom.